The van der Waals surface area contributed by atoms with E-state index in [4.69, 9.17) is 5.73 Å². The van der Waals surface area contributed by atoms with E-state index in [9.17, 15) is 9.59 Å². The van der Waals surface area contributed by atoms with Crippen molar-refractivity contribution in [2.75, 3.05) is 0 Å². The molecule has 17 heavy (non-hydrogen) atoms. The fourth-order valence-electron chi connectivity index (χ4n) is 1.68. The molecule has 3 N–H and O–H groups in total. The Morgan fingerprint density at radius 3 is 2.88 bits per heavy atom. The van der Waals surface area contributed by atoms with E-state index in [0.29, 0.717) is 36.0 Å². The molecule has 0 aliphatic heterocycles. The number of amides is 1. The van der Waals surface area contributed by atoms with Crippen LogP contribution in [0.3, 0.4) is 0 Å². The highest BCUT2D eigenvalue weighted by Crippen LogP contribution is 2.06. The van der Waals surface area contributed by atoms with Gasteiger partial charge in [0.2, 0.25) is 5.91 Å². The number of aromatic nitrogens is 2. The van der Waals surface area contributed by atoms with E-state index in [0.717, 1.165) is 0 Å². The summed E-state index contributed by atoms with van der Waals surface area (Å²) < 4.78 is 0. The van der Waals surface area contributed by atoms with E-state index in [1.807, 2.05) is 6.07 Å². The topological polar surface area (TPSA) is 88.8 Å². The van der Waals surface area contributed by atoms with Gasteiger partial charge in [-0.2, -0.15) is 0 Å². The first kappa shape index (κ1) is 11.3. The van der Waals surface area contributed by atoms with E-state index in [1.54, 1.807) is 18.2 Å². The molecule has 1 amide bonds. The molecule has 88 valence electrons. The molecule has 0 bridgehead atoms. The number of primary amides is 1. The van der Waals surface area contributed by atoms with Crippen LogP contribution in [0.25, 0.3) is 10.9 Å². The van der Waals surface area contributed by atoms with Crippen LogP contribution in [0.15, 0.2) is 29.1 Å². The minimum atomic E-state index is -0.340. The fraction of sp³-hybridized carbons (Fsp3) is 0.250. The number of H-pyrrole nitrogens is 1. The van der Waals surface area contributed by atoms with Gasteiger partial charge in [-0.05, 0) is 18.6 Å². The zero-order valence-electron chi connectivity index (χ0n) is 9.27. The second-order valence-electron chi connectivity index (χ2n) is 3.85. The smallest absolute Gasteiger partial charge is 0.258 e. The first-order valence-electron chi connectivity index (χ1n) is 5.43. The van der Waals surface area contributed by atoms with Crippen molar-refractivity contribution in [2.24, 2.45) is 5.73 Å². The van der Waals surface area contributed by atoms with Gasteiger partial charge in [0.1, 0.15) is 5.82 Å². The predicted octanol–water partition coefficient (Wildman–Crippen LogP) is 0.731. The van der Waals surface area contributed by atoms with Crippen LogP contribution in [0.4, 0.5) is 0 Å². The Morgan fingerprint density at radius 2 is 2.12 bits per heavy atom. The molecule has 5 heteroatoms. The highest BCUT2D eigenvalue weighted by molar-refractivity contribution is 5.77. The SMILES string of the molecule is NC(=O)CCCc1nc2ccccc2c(=O)[nH]1. The third-order valence-corrected chi connectivity index (χ3v) is 2.50. The van der Waals surface area contributed by atoms with Crippen molar-refractivity contribution in [3.05, 3.63) is 40.4 Å². The lowest BCUT2D eigenvalue weighted by molar-refractivity contribution is -0.118. The standard InChI is InChI=1S/C12H13N3O2/c13-10(16)6-3-7-11-14-9-5-2-1-4-8(9)12(17)15-11/h1-2,4-5H,3,6-7H2,(H2,13,16)(H,14,15,17). The summed E-state index contributed by atoms with van der Waals surface area (Å²) in [5, 5.41) is 0.575. The van der Waals surface area contributed by atoms with Gasteiger partial charge in [0.15, 0.2) is 0 Å². The Bertz CT molecular complexity index is 604. The molecule has 0 fully saturated rings. The predicted molar refractivity (Wildman–Crippen MR) is 64.5 cm³/mol. The van der Waals surface area contributed by atoms with Crippen LogP contribution >= 0.6 is 0 Å². The molecule has 0 radical (unpaired) electrons. The molecule has 1 aromatic carbocycles. The number of nitrogens with two attached hydrogens (primary N) is 1. The van der Waals surface area contributed by atoms with Gasteiger partial charge in [-0.1, -0.05) is 12.1 Å². The lowest BCUT2D eigenvalue weighted by Gasteiger charge is -2.01. The molecule has 0 spiro atoms. The van der Waals surface area contributed by atoms with Crippen LogP contribution < -0.4 is 11.3 Å². The molecule has 0 unspecified atom stereocenters. The second-order valence-corrected chi connectivity index (χ2v) is 3.85. The van der Waals surface area contributed by atoms with Gasteiger partial charge < -0.3 is 10.7 Å². The first-order chi connectivity index (χ1) is 8.16. The minimum Gasteiger partial charge on any atom is -0.370 e. The van der Waals surface area contributed by atoms with Crippen molar-refractivity contribution in [2.45, 2.75) is 19.3 Å². The van der Waals surface area contributed by atoms with E-state index >= 15 is 0 Å². The molecule has 1 aromatic heterocycles. The number of hydrogen-bond acceptors (Lipinski definition) is 3. The molecule has 1 heterocycles. The number of carbonyl (C=O) groups excluding carboxylic acids is 1. The van der Waals surface area contributed by atoms with Gasteiger partial charge in [0.25, 0.3) is 5.56 Å². The summed E-state index contributed by atoms with van der Waals surface area (Å²) in [4.78, 5) is 29.3. The van der Waals surface area contributed by atoms with Crippen molar-refractivity contribution < 1.29 is 4.79 Å². The largest absolute Gasteiger partial charge is 0.370 e. The summed E-state index contributed by atoms with van der Waals surface area (Å²) in [6.45, 7) is 0. The Hall–Kier alpha value is -2.17. The third-order valence-electron chi connectivity index (χ3n) is 2.50. The van der Waals surface area contributed by atoms with E-state index in [-0.39, 0.29) is 11.5 Å². The summed E-state index contributed by atoms with van der Waals surface area (Å²) >= 11 is 0. The maximum absolute atomic E-state index is 11.7. The number of fused-ring (bicyclic) bond motifs is 1. The second kappa shape index (κ2) is 4.78. The Morgan fingerprint density at radius 1 is 1.35 bits per heavy atom. The van der Waals surface area contributed by atoms with Gasteiger partial charge >= 0.3 is 0 Å². The lowest BCUT2D eigenvalue weighted by Crippen LogP contribution is -2.14. The van der Waals surface area contributed by atoms with Crippen molar-refractivity contribution in [1.82, 2.24) is 9.97 Å². The molecule has 2 rings (SSSR count). The number of carbonyl (C=O) groups is 1. The normalized spacial score (nSPS) is 10.6. The first-order valence-corrected chi connectivity index (χ1v) is 5.43. The van der Waals surface area contributed by atoms with Gasteiger partial charge in [0, 0.05) is 12.8 Å². The minimum absolute atomic E-state index is 0.148. The number of nitrogens with one attached hydrogen (secondary N) is 1. The highest BCUT2D eigenvalue weighted by atomic mass is 16.1. The molecule has 0 saturated carbocycles. The van der Waals surface area contributed by atoms with E-state index in [2.05, 4.69) is 9.97 Å². The van der Waals surface area contributed by atoms with Gasteiger partial charge in [-0.3, -0.25) is 9.59 Å². The maximum Gasteiger partial charge on any atom is 0.258 e. The summed E-state index contributed by atoms with van der Waals surface area (Å²) in [5.41, 5.74) is 5.57. The fourth-order valence-corrected chi connectivity index (χ4v) is 1.68. The zero-order valence-corrected chi connectivity index (χ0v) is 9.27. The van der Waals surface area contributed by atoms with Crippen molar-refractivity contribution in [1.29, 1.82) is 0 Å². The zero-order chi connectivity index (χ0) is 12.3. The van der Waals surface area contributed by atoms with Crippen LogP contribution in [-0.2, 0) is 11.2 Å². The number of aromatic amines is 1. The number of hydrogen-bond donors (Lipinski definition) is 2. The summed E-state index contributed by atoms with van der Waals surface area (Å²) in [6, 6.07) is 7.16. The molecule has 0 atom stereocenters. The highest BCUT2D eigenvalue weighted by Gasteiger charge is 2.03. The number of aryl methyl sites for hydroxylation is 1. The molecule has 0 aliphatic rings. The van der Waals surface area contributed by atoms with Gasteiger partial charge in [-0.25, -0.2) is 4.98 Å². The van der Waals surface area contributed by atoms with Gasteiger partial charge in [-0.15, -0.1) is 0 Å². The average molecular weight is 231 g/mol. The Balaban J connectivity index is 2.25. The van der Waals surface area contributed by atoms with Crippen molar-refractivity contribution in [3.8, 4) is 0 Å². The molecule has 2 aromatic rings. The Labute approximate surface area is 97.7 Å². The molecular formula is C12H13N3O2. The van der Waals surface area contributed by atoms with E-state index in [1.165, 1.54) is 0 Å². The lowest BCUT2D eigenvalue weighted by atomic mass is 10.2. The van der Waals surface area contributed by atoms with Crippen molar-refractivity contribution >= 4 is 16.8 Å². The van der Waals surface area contributed by atoms with Gasteiger partial charge in [0.05, 0.1) is 10.9 Å². The van der Waals surface area contributed by atoms with Crippen LogP contribution in [0.5, 0.6) is 0 Å². The quantitative estimate of drug-likeness (QED) is 0.813. The third kappa shape index (κ3) is 2.69. The number of para-hydroxylation sites is 1. The molecule has 5 nitrogen and oxygen atoms in total. The summed E-state index contributed by atoms with van der Waals surface area (Å²) in [6.07, 6.45) is 1.44. The van der Waals surface area contributed by atoms with Crippen LogP contribution in [0, 0.1) is 0 Å². The average Bonchev–Trinajstić information content (AvgIpc) is 2.28. The van der Waals surface area contributed by atoms with E-state index < -0.39 is 0 Å². The number of rotatable bonds is 4. The summed E-state index contributed by atoms with van der Waals surface area (Å²) in [7, 11) is 0. The molecular weight excluding hydrogens is 218 g/mol. The summed E-state index contributed by atoms with van der Waals surface area (Å²) in [5.74, 6) is 0.253. The van der Waals surface area contributed by atoms with Crippen LogP contribution in [-0.4, -0.2) is 15.9 Å². The Kier molecular flexibility index (Phi) is 3.18. The number of benzene rings is 1. The molecule has 0 aliphatic carbocycles. The van der Waals surface area contributed by atoms with Crippen LogP contribution in [0.1, 0.15) is 18.7 Å². The van der Waals surface area contributed by atoms with Crippen molar-refractivity contribution in [3.63, 3.8) is 0 Å². The maximum atomic E-state index is 11.7. The molecule has 0 saturated heterocycles. The number of nitrogens with zero attached hydrogens (tertiary/aromatic N) is 1. The monoisotopic (exact) mass is 231 g/mol. The van der Waals surface area contributed by atoms with Crippen LogP contribution in [0.2, 0.25) is 0 Å².